The Hall–Kier alpha value is -1.13. The second kappa shape index (κ2) is 3.81. The Bertz CT molecular complexity index is 145. The zero-order chi connectivity index (χ0) is 8.15. The van der Waals surface area contributed by atoms with Crippen LogP contribution in [0, 0.1) is 0 Å². The molecule has 0 aliphatic heterocycles. The molecule has 0 aliphatic carbocycles. The first-order valence-corrected chi connectivity index (χ1v) is 2.62. The highest BCUT2D eigenvalue weighted by Crippen LogP contribution is 2.01. The van der Waals surface area contributed by atoms with Gasteiger partial charge in [0.2, 0.25) is 0 Å². The summed E-state index contributed by atoms with van der Waals surface area (Å²) in [6.07, 6.45) is -2.98. The summed E-state index contributed by atoms with van der Waals surface area (Å²) in [5.74, 6) is -2.80. The van der Waals surface area contributed by atoms with Crippen molar-refractivity contribution in [2.24, 2.45) is 0 Å². The predicted molar refractivity (Wildman–Crippen MR) is 29.4 cm³/mol. The monoisotopic (exact) mass is 150 g/mol. The first kappa shape index (κ1) is 8.87. The minimum Gasteiger partial charge on any atom is -0.481 e. The van der Waals surface area contributed by atoms with Crippen molar-refractivity contribution < 1.29 is 24.2 Å². The highest BCUT2D eigenvalue weighted by Gasteiger charge is 2.16. The molecule has 0 heterocycles. The van der Waals surface area contributed by atoms with Crippen LogP contribution in [0.3, 0.4) is 0 Å². The van der Waals surface area contributed by atoms with E-state index in [1.165, 1.54) is 0 Å². The van der Waals surface area contributed by atoms with Gasteiger partial charge in [0.05, 0.1) is 0 Å². The Labute approximate surface area is 56.3 Å². The molecular formula is C5H7FO4. The normalized spacial score (nSPS) is 12.5. The first-order chi connectivity index (χ1) is 4.54. The zero-order valence-electron chi connectivity index (χ0n) is 5.08. The van der Waals surface area contributed by atoms with Crippen molar-refractivity contribution in [1.82, 2.24) is 0 Å². The Balaban J connectivity index is 3.49. The summed E-state index contributed by atoms with van der Waals surface area (Å²) in [5, 5.41) is 15.9. The van der Waals surface area contributed by atoms with Crippen LogP contribution in [0.25, 0.3) is 0 Å². The second-order valence-electron chi connectivity index (χ2n) is 1.74. The van der Waals surface area contributed by atoms with Gasteiger partial charge in [0.15, 0.2) is 6.17 Å². The van der Waals surface area contributed by atoms with Gasteiger partial charge in [0.1, 0.15) is 0 Å². The molecule has 0 bridgehead atoms. The van der Waals surface area contributed by atoms with Crippen molar-refractivity contribution in [3.63, 3.8) is 0 Å². The van der Waals surface area contributed by atoms with E-state index in [-0.39, 0.29) is 0 Å². The fourth-order valence-corrected chi connectivity index (χ4v) is 0.374. The molecule has 0 radical (unpaired) electrons. The number of carboxylic acid groups (broad SMARTS) is 2. The van der Waals surface area contributed by atoms with Crippen LogP contribution in [-0.2, 0) is 9.59 Å². The molecule has 0 aliphatic rings. The molecule has 58 valence electrons. The lowest BCUT2D eigenvalue weighted by Crippen LogP contribution is -2.15. The minimum atomic E-state index is -2.06. The lowest BCUT2D eigenvalue weighted by Gasteiger charge is -1.97. The molecule has 0 spiro atoms. The van der Waals surface area contributed by atoms with Gasteiger partial charge in [-0.1, -0.05) is 0 Å². The van der Waals surface area contributed by atoms with Crippen LogP contribution in [0.4, 0.5) is 4.39 Å². The van der Waals surface area contributed by atoms with Crippen molar-refractivity contribution >= 4 is 11.9 Å². The molecule has 0 aromatic heterocycles. The predicted octanol–water partition coefficient (Wildman–Crippen LogP) is 0.274. The Morgan fingerprint density at radius 1 is 1.40 bits per heavy atom. The van der Waals surface area contributed by atoms with Gasteiger partial charge >= 0.3 is 11.9 Å². The quantitative estimate of drug-likeness (QED) is 0.603. The Morgan fingerprint density at radius 2 is 1.90 bits per heavy atom. The van der Waals surface area contributed by atoms with Crippen LogP contribution in [0.2, 0.25) is 0 Å². The van der Waals surface area contributed by atoms with Gasteiger partial charge in [-0.05, 0) is 6.42 Å². The molecule has 0 saturated heterocycles. The molecule has 0 fully saturated rings. The number of hydrogen-bond donors (Lipinski definition) is 2. The molecule has 5 heteroatoms. The summed E-state index contributed by atoms with van der Waals surface area (Å²) < 4.78 is 12.0. The van der Waals surface area contributed by atoms with E-state index in [0.717, 1.165) is 0 Å². The van der Waals surface area contributed by atoms with Crippen LogP contribution >= 0.6 is 0 Å². The van der Waals surface area contributed by atoms with Gasteiger partial charge in [-0.15, -0.1) is 0 Å². The largest absolute Gasteiger partial charge is 0.481 e. The topological polar surface area (TPSA) is 74.6 Å². The van der Waals surface area contributed by atoms with Gasteiger partial charge < -0.3 is 10.2 Å². The van der Waals surface area contributed by atoms with E-state index in [4.69, 9.17) is 10.2 Å². The molecular weight excluding hydrogens is 143 g/mol. The number of aliphatic carboxylic acids is 2. The van der Waals surface area contributed by atoms with Gasteiger partial charge in [0, 0.05) is 6.42 Å². The lowest BCUT2D eigenvalue weighted by atomic mass is 10.2. The third-order valence-electron chi connectivity index (χ3n) is 0.880. The number of halogens is 1. The fraction of sp³-hybridized carbons (Fsp3) is 0.600. The molecule has 1 unspecified atom stereocenters. The molecule has 1 atom stereocenters. The summed E-state index contributed by atoms with van der Waals surface area (Å²) in [6.45, 7) is 0. The minimum absolute atomic E-state index is 0.451. The van der Waals surface area contributed by atoms with E-state index < -0.39 is 31.0 Å². The molecule has 4 nitrogen and oxygen atoms in total. The first-order valence-electron chi connectivity index (χ1n) is 2.62. The molecule has 0 aromatic carbocycles. The summed E-state index contributed by atoms with van der Waals surface area (Å²) in [7, 11) is 0. The van der Waals surface area contributed by atoms with Crippen LogP contribution in [0.1, 0.15) is 12.8 Å². The summed E-state index contributed by atoms with van der Waals surface area (Å²) in [4.78, 5) is 19.5. The van der Waals surface area contributed by atoms with Gasteiger partial charge in [-0.2, -0.15) is 0 Å². The van der Waals surface area contributed by atoms with Gasteiger partial charge in [-0.25, -0.2) is 9.18 Å². The summed E-state index contributed by atoms with van der Waals surface area (Å²) in [6, 6.07) is 0. The molecule has 0 amide bonds. The van der Waals surface area contributed by atoms with Crippen molar-refractivity contribution in [3.8, 4) is 0 Å². The number of rotatable bonds is 4. The maximum absolute atomic E-state index is 12.0. The van der Waals surface area contributed by atoms with Crippen molar-refractivity contribution in [3.05, 3.63) is 0 Å². The smallest absolute Gasteiger partial charge is 0.338 e. The van der Waals surface area contributed by atoms with Gasteiger partial charge in [0.25, 0.3) is 0 Å². The van der Waals surface area contributed by atoms with Crippen molar-refractivity contribution in [1.29, 1.82) is 0 Å². The molecule has 2 N–H and O–H groups in total. The van der Waals surface area contributed by atoms with Crippen LogP contribution in [-0.4, -0.2) is 28.3 Å². The van der Waals surface area contributed by atoms with E-state index in [9.17, 15) is 14.0 Å². The molecule has 10 heavy (non-hydrogen) atoms. The van der Waals surface area contributed by atoms with E-state index in [2.05, 4.69) is 0 Å². The standard InChI is InChI=1S/C5H7FO4/c6-3(5(9)10)1-2-4(7)8/h3H,1-2H2,(H,7,8)(H,9,10). The second-order valence-corrected chi connectivity index (χ2v) is 1.74. The number of carbonyl (C=O) groups is 2. The number of alkyl halides is 1. The van der Waals surface area contributed by atoms with Crippen LogP contribution < -0.4 is 0 Å². The van der Waals surface area contributed by atoms with Crippen molar-refractivity contribution in [2.45, 2.75) is 19.0 Å². The average molecular weight is 150 g/mol. The summed E-state index contributed by atoms with van der Waals surface area (Å²) in [5.41, 5.74) is 0. The van der Waals surface area contributed by atoms with Crippen molar-refractivity contribution in [2.75, 3.05) is 0 Å². The average Bonchev–Trinajstić information content (AvgIpc) is 1.82. The molecule has 0 saturated carbocycles. The van der Waals surface area contributed by atoms with E-state index in [1.807, 2.05) is 0 Å². The number of hydrogen-bond acceptors (Lipinski definition) is 2. The molecule has 0 aromatic rings. The van der Waals surface area contributed by atoms with Crippen LogP contribution in [0.15, 0.2) is 0 Å². The lowest BCUT2D eigenvalue weighted by molar-refractivity contribution is -0.143. The Morgan fingerprint density at radius 3 is 2.20 bits per heavy atom. The maximum Gasteiger partial charge on any atom is 0.338 e. The van der Waals surface area contributed by atoms with Crippen LogP contribution in [0.5, 0.6) is 0 Å². The highest BCUT2D eigenvalue weighted by molar-refractivity contribution is 5.73. The molecule has 0 rings (SSSR count). The van der Waals surface area contributed by atoms with E-state index >= 15 is 0 Å². The third kappa shape index (κ3) is 3.82. The summed E-state index contributed by atoms with van der Waals surface area (Å²) >= 11 is 0. The third-order valence-corrected chi connectivity index (χ3v) is 0.880. The maximum atomic E-state index is 12.0. The highest BCUT2D eigenvalue weighted by atomic mass is 19.1. The van der Waals surface area contributed by atoms with E-state index in [0.29, 0.717) is 0 Å². The van der Waals surface area contributed by atoms with Gasteiger partial charge in [-0.3, -0.25) is 4.79 Å². The number of carboxylic acids is 2. The van der Waals surface area contributed by atoms with E-state index in [1.54, 1.807) is 0 Å². The Kier molecular flexibility index (Phi) is 3.38. The zero-order valence-corrected chi connectivity index (χ0v) is 5.08. The fourth-order valence-electron chi connectivity index (χ4n) is 0.374. The SMILES string of the molecule is O=C(O)CCC(F)C(=O)O.